The minimum absolute atomic E-state index is 0.716. The highest BCUT2D eigenvalue weighted by Gasteiger charge is 2.14. The van der Waals surface area contributed by atoms with Gasteiger partial charge in [0.1, 0.15) is 6.29 Å². The van der Waals surface area contributed by atoms with E-state index in [2.05, 4.69) is 79.9 Å². The fourth-order valence-corrected chi connectivity index (χ4v) is 3.53. The van der Waals surface area contributed by atoms with Crippen LogP contribution in [0.2, 0.25) is 0 Å². The van der Waals surface area contributed by atoms with Gasteiger partial charge >= 0.3 is 0 Å². The molecule has 2 aromatic carbocycles. The van der Waals surface area contributed by atoms with Crippen molar-refractivity contribution in [2.75, 3.05) is 13.2 Å². The van der Waals surface area contributed by atoms with E-state index in [1.807, 2.05) is 6.07 Å². The van der Waals surface area contributed by atoms with Crippen LogP contribution in [0.4, 0.5) is 0 Å². The highest BCUT2D eigenvalue weighted by molar-refractivity contribution is 5.44. The van der Waals surface area contributed by atoms with E-state index in [0.717, 1.165) is 32.0 Å². The summed E-state index contributed by atoms with van der Waals surface area (Å²) >= 11 is 0. The van der Waals surface area contributed by atoms with Gasteiger partial charge in [0.05, 0.1) is 0 Å². The summed E-state index contributed by atoms with van der Waals surface area (Å²) in [6.07, 6.45) is 7.87. The van der Waals surface area contributed by atoms with Crippen LogP contribution in [-0.2, 0) is 11.3 Å². The predicted octanol–water partition coefficient (Wildman–Crippen LogP) is 6.23. The predicted molar refractivity (Wildman–Crippen MR) is 130 cm³/mol. The van der Waals surface area contributed by atoms with Crippen molar-refractivity contribution < 1.29 is 4.79 Å². The van der Waals surface area contributed by atoms with Crippen molar-refractivity contribution in [1.29, 1.82) is 0 Å². The molecule has 1 aliphatic carbocycles. The number of hydrogen-bond acceptors (Lipinski definition) is 3. The van der Waals surface area contributed by atoms with Gasteiger partial charge in [-0.1, -0.05) is 93.3 Å². The number of hydrogen-bond donors (Lipinski definition) is 2. The third-order valence-electron chi connectivity index (χ3n) is 5.13. The Bertz CT molecular complexity index is 646. The van der Waals surface area contributed by atoms with Crippen molar-refractivity contribution >= 4 is 6.29 Å². The van der Waals surface area contributed by atoms with Crippen LogP contribution in [-0.4, -0.2) is 19.5 Å². The van der Waals surface area contributed by atoms with E-state index >= 15 is 0 Å². The van der Waals surface area contributed by atoms with E-state index in [-0.39, 0.29) is 0 Å². The largest absolute Gasteiger partial charge is 0.304 e. The molecule has 0 spiro atoms. The SMILES string of the molecule is CC(C)CNCNCc1ccccc1.CC=O.Cc1ccc(C2CCCCC2)cc1. The average Bonchev–Trinajstić information content (AvgIpc) is 2.76. The summed E-state index contributed by atoms with van der Waals surface area (Å²) in [7, 11) is 0. The normalized spacial score (nSPS) is 13.6. The Morgan fingerprint density at radius 2 is 1.53 bits per heavy atom. The lowest BCUT2D eigenvalue weighted by Crippen LogP contribution is -2.31. The van der Waals surface area contributed by atoms with Gasteiger partial charge in [-0.15, -0.1) is 0 Å². The first-order valence-electron chi connectivity index (χ1n) is 11.5. The Balaban J connectivity index is 0.000000266. The number of carbonyl (C=O) groups is 1. The Hall–Kier alpha value is -1.97. The molecule has 0 saturated heterocycles. The van der Waals surface area contributed by atoms with Crippen molar-refractivity contribution in [3.05, 3.63) is 71.3 Å². The molecular formula is C27H42N2O. The summed E-state index contributed by atoms with van der Waals surface area (Å²) in [5, 5.41) is 6.69. The lowest BCUT2D eigenvalue weighted by Gasteiger charge is -2.21. The lowest BCUT2D eigenvalue weighted by atomic mass is 9.84. The third kappa shape index (κ3) is 12.6. The van der Waals surface area contributed by atoms with E-state index in [9.17, 15) is 0 Å². The quantitative estimate of drug-likeness (QED) is 0.323. The maximum absolute atomic E-state index is 8.81. The summed E-state index contributed by atoms with van der Waals surface area (Å²) in [5.41, 5.74) is 4.27. The smallest absolute Gasteiger partial charge is 0.116 e. The van der Waals surface area contributed by atoms with E-state index in [1.54, 1.807) is 5.56 Å². The molecular weight excluding hydrogens is 368 g/mol. The van der Waals surface area contributed by atoms with Gasteiger partial charge in [-0.3, -0.25) is 0 Å². The molecule has 1 saturated carbocycles. The van der Waals surface area contributed by atoms with E-state index in [1.165, 1.54) is 50.2 Å². The first-order valence-corrected chi connectivity index (χ1v) is 11.5. The second-order valence-corrected chi connectivity index (χ2v) is 8.42. The summed E-state index contributed by atoms with van der Waals surface area (Å²) in [4.78, 5) is 8.81. The van der Waals surface area contributed by atoms with Crippen molar-refractivity contribution in [2.45, 2.75) is 72.3 Å². The highest BCUT2D eigenvalue weighted by atomic mass is 16.1. The molecule has 0 unspecified atom stereocenters. The second kappa shape index (κ2) is 16.8. The minimum atomic E-state index is 0.716. The zero-order valence-electron chi connectivity index (χ0n) is 19.5. The van der Waals surface area contributed by atoms with Crippen LogP contribution in [0.3, 0.4) is 0 Å². The Labute approximate surface area is 184 Å². The molecule has 0 radical (unpaired) electrons. The van der Waals surface area contributed by atoms with Gasteiger partial charge in [-0.2, -0.15) is 0 Å². The summed E-state index contributed by atoms with van der Waals surface area (Å²) in [6.45, 7) is 10.9. The molecule has 0 aliphatic heterocycles. The van der Waals surface area contributed by atoms with Crippen LogP contribution in [0.25, 0.3) is 0 Å². The monoisotopic (exact) mass is 410 g/mol. The van der Waals surface area contributed by atoms with E-state index in [4.69, 9.17) is 4.79 Å². The molecule has 0 amide bonds. The van der Waals surface area contributed by atoms with Crippen LogP contribution in [0, 0.1) is 12.8 Å². The number of aryl methyl sites for hydroxylation is 1. The molecule has 0 atom stereocenters. The van der Waals surface area contributed by atoms with Crippen molar-refractivity contribution in [3.8, 4) is 0 Å². The minimum Gasteiger partial charge on any atom is -0.304 e. The van der Waals surface area contributed by atoms with Crippen LogP contribution >= 0.6 is 0 Å². The molecule has 1 fully saturated rings. The van der Waals surface area contributed by atoms with Crippen LogP contribution in [0.15, 0.2) is 54.6 Å². The highest BCUT2D eigenvalue weighted by Crippen LogP contribution is 2.32. The van der Waals surface area contributed by atoms with Gasteiger partial charge in [0.2, 0.25) is 0 Å². The number of benzene rings is 2. The fourth-order valence-electron chi connectivity index (χ4n) is 3.53. The number of carbonyl (C=O) groups excluding carboxylic acids is 1. The molecule has 30 heavy (non-hydrogen) atoms. The van der Waals surface area contributed by atoms with Crippen LogP contribution in [0.5, 0.6) is 0 Å². The molecule has 0 aromatic heterocycles. The van der Waals surface area contributed by atoms with Gasteiger partial charge in [-0.05, 0) is 56.2 Å². The molecule has 3 rings (SSSR count). The van der Waals surface area contributed by atoms with Gasteiger partial charge in [0, 0.05) is 13.2 Å². The first kappa shape index (κ1) is 26.1. The topological polar surface area (TPSA) is 41.1 Å². The zero-order chi connectivity index (χ0) is 22.0. The molecule has 166 valence electrons. The van der Waals surface area contributed by atoms with Crippen molar-refractivity contribution in [2.24, 2.45) is 5.92 Å². The van der Waals surface area contributed by atoms with E-state index < -0.39 is 0 Å². The summed E-state index contributed by atoms with van der Waals surface area (Å²) < 4.78 is 0. The fraction of sp³-hybridized carbons (Fsp3) is 0.519. The maximum Gasteiger partial charge on any atom is 0.116 e. The molecule has 1 aliphatic rings. The average molecular weight is 411 g/mol. The summed E-state index contributed by atoms with van der Waals surface area (Å²) in [5.74, 6) is 1.57. The van der Waals surface area contributed by atoms with Gasteiger partial charge in [0.25, 0.3) is 0 Å². The van der Waals surface area contributed by atoms with Crippen LogP contribution in [0.1, 0.15) is 75.5 Å². The molecule has 0 bridgehead atoms. The van der Waals surface area contributed by atoms with Gasteiger partial charge in [-0.25, -0.2) is 0 Å². The molecule has 3 heteroatoms. The Kier molecular flexibility index (Phi) is 14.6. The molecule has 2 N–H and O–H groups in total. The zero-order valence-corrected chi connectivity index (χ0v) is 19.5. The van der Waals surface area contributed by atoms with Crippen LogP contribution < -0.4 is 10.6 Å². The number of aldehydes is 1. The number of rotatable bonds is 7. The van der Waals surface area contributed by atoms with Crippen molar-refractivity contribution in [3.63, 3.8) is 0 Å². The Morgan fingerprint density at radius 3 is 2.10 bits per heavy atom. The Morgan fingerprint density at radius 1 is 0.933 bits per heavy atom. The second-order valence-electron chi connectivity index (χ2n) is 8.42. The van der Waals surface area contributed by atoms with E-state index in [0.29, 0.717) is 5.92 Å². The maximum atomic E-state index is 8.81. The lowest BCUT2D eigenvalue weighted by molar-refractivity contribution is -0.106. The third-order valence-corrected chi connectivity index (χ3v) is 5.13. The van der Waals surface area contributed by atoms with Crippen molar-refractivity contribution in [1.82, 2.24) is 10.6 Å². The molecule has 0 heterocycles. The first-order chi connectivity index (χ1) is 14.6. The standard InChI is InChI=1S/C13H18.C12H20N2.C2H4O/c1-11-7-9-13(10-8-11)12-5-3-2-4-6-12;1-11(2)8-13-10-14-9-12-6-4-3-5-7-12;1-2-3/h7-10,12H,2-6H2,1H3;3-7,11,13-14H,8-10H2,1-2H3;2H,1H3. The molecule has 3 nitrogen and oxygen atoms in total. The van der Waals surface area contributed by atoms with Gasteiger partial charge < -0.3 is 15.4 Å². The number of nitrogens with one attached hydrogen (secondary N) is 2. The molecule has 2 aromatic rings. The summed E-state index contributed by atoms with van der Waals surface area (Å²) in [6, 6.07) is 19.5. The van der Waals surface area contributed by atoms with Gasteiger partial charge in [0.15, 0.2) is 0 Å².